The number of hydrogen-bond acceptors (Lipinski definition) is 6. The lowest BCUT2D eigenvalue weighted by atomic mass is 10.1. The minimum absolute atomic E-state index is 0.201. The molecular weight excluding hydrogens is 555 g/mol. The monoisotopic (exact) mass is 584 g/mol. The number of aliphatic hydroxyl groups is 2. The number of halogens is 2. The van der Waals surface area contributed by atoms with E-state index in [-0.39, 0.29) is 11.4 Å². The van der Waals surface area contributed by atoms with Gasteiger partial charge in [0.25, 0.3) is 11.8 Å². The van der Waals surface area contributed by atoms with Gasteiger partial charge in [-0.1, -0.05) is 40.2 Å². The molecule has 10 heteroatoms. The molecule has 0 spiro atoms. The highest BCUT2D eigenvalue weighted by atomic mass is 79.9. The van der Waals surface area contributed by atoms with Gasteiger partial charge in [0.15, 0.2) is 0 Å². The Labute approximate surface area is 229 Å². The molecule has 8 nitrogen and oxygen atoms in total. The van der Waals surface area contributed by atoms with Crippen molar-refractivity contribution in [2.45, 2.75) is 32.6 Å². The standard InChI is InChI=1S/C28H30BrFN4O4/c1-18(35)15-34(16-19(2)36)17-21-3-7-22(8-4-21)27(37)32-26-12-9-23(29)13-25(26)28(38)33-31-14-20-5-10-24(30)11-6-20/h3-14,18-19,35-36H,15-17H2,1-2H3,(H,32,37)(H,33,38). The van der Waals surface area contributed by atoms with E-state index in [0.717, 1.165) is 5.56 Å². The quantitative estimate of drug-likeness (QED) is 0.199. The Morgan fingerprint density at radius 2 is 1.61 bits per heavy atom. The van der Waals surface area contributed by atoms with Gasteiger partial charge in [0.1, 0.15) is 5.82 Å². The van der Waals surface area contributed by atoms with Crippen molar-refractivity contribution in [3.8, 4) is 0 Å². The molecule has 3 aromatic rings. The highest BCUT2D eigenvalue weighted by Crippen LogP contribution is 2.22. The van der Waals surface area contributed by atoms with Gasteiger partial charge < -0.3 is 15.5 Å². The Morgan fingerprint density at radius 3 is 2.21 bits per heavy atom. The van der Waals surface area contributed by atoms with Gasteiger partial charge >= 0.3 is 0 Å². The fraction of sp³-hybridized carbons (Fsp3) is 0.250. The molecular formula is C28H30BrFN4O4. The molecule has 0 aliphatic rings. The third kappa shape index (κ3) is 9.14. The summed E-state index contributed by atoms with van der Waals surface area (Å²) in [5.74, 6) is -1.30. The van der Waals surface area contributed by atoms with Crippen LogP contribution < -0.4 is 10.7 Å². The predicted molar refractivity (Wildman–Crippen MR) is 149 cm³/mol. The van der Waals surface area contributed by atoms with Gasteiger partial charge in [-0.15, -0.1) is 0 Å². The maximum absolute atomic E-state index is 13.0. The molecule has 2 amide bonds. The van der Waals surface area contributed by atoms with Crippen molar-refractivity contribution >= 4 is 39.6 Å². The van der Waals surface area contributed by atoms with Gasteiger partial charge in [-0.3, -0.25) is 14.5 Å². The molecule has 4 N–H and O–H groups in total. The Hall–Kier alpha value is -3.44. The number of aliphatic hydroxyl groups excluding tert-OH is 2. The number of hydrazone groups is 1. The second kappa shape index (κ2) is 13.9. The molecule has 3 rings (SSSR count). The first kappa shape index (κ1) is 29.1. The predicted octanol–water partition coefficient (Wildman–Crippen LogP) is 4.17. The summed E-state index contributed by atoms with van der Waals surface area (Å²) in [5.41, 5.74) is 4.85. The first-order valence-electron chi connectivity index (χ1n) is 12.0. The van der Waals surface area contributed by atoms with Crippen LogP contribution in [0.3, 0.4) is 0 Å². The minimum Gasteiger partial charge on any atom is -0.392 e. The molecule has 0 fully saturated rings. The summed E-state index contributed by atoms with van der Waals surface area (Å²) in [6.07, 6.45) is 0.313. The van der Waals surface area contributed by atoms with Crippen molar-refractivity contribution in [3.05, 3.63) is 99.3 Å². The first-order chi connectivity index (χ1) is 18.1. The number of nitrogens with one attached hydrogen (secondary N) is 2. The number of benzene rings is 3. The van der Waals surface area contributed by atoms with Crippen LogP contribution in [0.4, 0.5) is 10.1 Å². The van der Waals surface area contributed by atoms with Crippen LogP contribution in [0.25, 0.3) is 0 Å². The lowest BCUT2D eigenvalue weighted by Gasteiger charge is -2.25. The fourth-order valence-corrected chi connectivity index (χ4v) is 4.11. The van der Waals surface area contributed by atoms with Crippen LogP contribution >= 0.6 is 15.9 Å². The van der Waals surface area contributed by atoms with E-state index in [1.165, 1.54) is 30.5 Å². The molecule has 0 aliphatic carbocycles. The number of amides is 2. The van der Waals surface area contributed by atoms with E-state index < -0.39 is 24.0 Å². The van der Waals surface area contributed by atoms with Gasteiger partial charge in [0, 0.05) is 29.7 Å². The Balaban J connectivity index is 1.67. The van der Waals surface area contributed by atoms with Crippen molar-refractivity contribution in [1.29, 1.82) is 0 Å². The normalized spacial score (nSPS) is 12.9. The van der Waals surface area contributed by atoms with Crippen LogP contribution in [0.2, 0.25) is 0 Å². The van der Waals surface area contributed by atoms with Gasteiger partial charge in [-0.05, 0) is 67.4 Å². The zero-order valence-corrected chi connectivity index (χ0v) is 22.7. The molecule has 3 aromatic carbocycles. The average molecular weight is 585 g/mol. The number of rotatable bonds is 11. The summed E-state index contributed by atoms with van der Waals surface area (Å²) in [4.78, 5) is 27.7. The highest BCUT2D eigenvalue weighted by molar-refractivity contribution is 9.10. The Bertz CT molecular complexity index is 1250. The van der Waals surface area contributed by atoms with Gasteiger partial charge in [0.05, 0.1) is 29.7 Å². The third-order valence-corrected chi connectivity index (χ3v) is 5.88. The van der Waals surface area contributed by atoms with E-state index in [2.05, 4.69) is 31.8 Å². The average Bonchev–Trinajstić information content (AvgIpc) is 2.85. The third-order valence-electron chi connectivity index (χ3n) is 5.39. The van der Waals surface area contributed by atoms with Crippen molar-refractivity contribution in [3.63, 3.8) is 0 Å². The van der Waals surface area contributed by atoms with Crippen molar-refractivity contribution in [2.75, 3.05) is 18.4 Å². The SMILES string of the molecule is CC(O)CN(Cc1ccc(C(=O)Nc2ccc(Br)cc2C(=O)NN=Cc2ccc(F)cc2)cc1)CC(C)O. The zero-order valence-electron chi connectivity index (χ0n) is 21.1. The number of hydrogen-bond donors (Lipinski definition) is 4. The summed E-state index contributed by atoms with van der Waals surface area (Å²) in [6.45, 7) is 4.71. The molecule has 0 radical (unpaired) electrons. The van der Waals surface area contributed by atoms with Gasteiger partial charge in [0.2, 0.25) is 0 Å². The lowest BCUT2D eigenvalue weighted by Crippen LogP contribution is -2.35. The number of carbonyl (C=O) groups excluding carboxylic acids is 2. The van der Waals surface area contributed by atoms with E-state index in [0.29, 0.717) is 40.9 Å². The summed E-state index contributed by atoms with van der Waals surface area (Å²) in [6, 6.07) is 17.5. The van der Waals surface area contributed by atoms with E-state index in [1.807, 2.05) is 17.0 Å². The van der Waals surface area contributed by atoms with Gasteiger partial charge in [-0.2, -0.15) is 5.10 Å². The largest absolute Gasteiger partial charge is 0.392 e. The van der Waals surface area contributed by atoms with Crippen molar-refractivity contribution in [2.24, 2.45) is 5.10 Å². The van der Waals surface area contributed by atoms with Crippen LogP contribution in [0.15, 0.2) is 76.3 Å². The number of nitrogens with zero attached hydrogens (tertiary/aromatic N) is 2. The second-order valence-electron chi connectivity index (χ2n) is 8.98. The molecule has 0 aliphatic heterocycles. The molecule has 0 heterocycles. The van der Waals surface area contributed by atoms with E-state index in [4.69, 9.17) is 0 Å². The molecule has 2 atom stereocenters. The maximum atomic E-state index is 13.0. The van der Waals surface area contributed by atoms with Crippen LogP contribution in [-0.2, 0) is 6.54 Å². The van der Waals surface area contributed by atoms with E-state index in [1.54, 1.807) is 44.2 Å². The lowest BCUT2D eigenvalue weighted by molar-refractivity contribution is 0.0794. The summed E-state index contributed by atoms with van der Waals surface area (Å²) < 4.78 is 13.7. The minimum atomic E-state index is -0.537. The molecule has 0 aromatic heterocycles. The first-order valence-corrected chi connectivity index (χ1v) is 12.8. The molecule has 2 unspecified atom stereocenters. The maximum Gasteiger partial charge on any atom is 0.273 e. The smallest absolute Gasteiger partial charge is 0.273 e. The van der Waals surface area contributed by atoms with Crippen molar-refractivity contribution < 1.29 is 24.2 Å². The van der Waals surface area contributed by atoms with Crippen LogP contribution in [0.1, 0.15) is 45.7 Å². The van der Waals surface area contributed by atoms with Crippen LogP contribution in [-0.4, -0.2) is 58.4 Å². The fourth-order valence-electron chi connectivity index (χ4n) is 3.75. The van der Waals surface area contributed by atoms with E-state index >= 15 is 0 Å². The second-order valence-corrected chi connectivity index (χ2v) is 9.90. The summed E-state index contributed by atoms with van der Waals surface area (Å²) in [5, 5.41) is 26.1. The van der Waals surface area contributed by atoms with E-state index in [9.17, 15) is 24.2 Å². The topological polar surface area (TPSA) is 114 Å². The molecule has 0 bridgehead atoms. The summed E-state index contributed by atoms with van der Waals surface area (Å²) >= 11 is 3.34. The molecule has 0 saturated carbocycles. The Kier molecular flexibility index (Phi) is 10.7. The molecule has 200 valence electrons. The van der Waals surface area contributed by atoms with Crippen LogP contribution in [0, 0.1) is 5.82 Å². The summed E-state index contributed by atoms with van der Waals surface area (Å²) in [7, 11) is 0. The zero-order chi connectivity index (χ0) is 27.7. The highest BCUT2D eigenvalue weighted by Gasteiger charge is 2.16. The molecule has 38 heavy (non-hydrogen) atoms. The molecule has 0 saturated heterocycles. The number of carbonyl (C=O) groups is 2. The van der Waals surface area contributed by atoms with Gasteiger partial charge in [-0.25, -0.2) is 9.82 Å². The van der Waals surface area contributed by atoms with Crippen LogP contribution in [0.5, 0.6) is 0 Å². The van der Waals surface area contributed by atoms with Crippen molar-refractivity contribution in [1.82, 2.24) is 10.3 Å². The number of anilines is 1. The Morgan fingerprint density at radius 1 is 0.974 bits per heavy atom.